The first-order chi connectivity index (χ1) is 15.4. The van der Waals surface area contributed by atoms with Gasteiger partial charge in [-0.25, -0.2) is 12.8 Å². The number of rotatable bonds is 6. The van der Waals surface area contributed by atoms with E-state index in [1.165, 1.54) is 22.9 Å². The Balaban J connectivity index is 1.21. The predicted octanol–water partition coefficient (Wildman–Crippen LogP) is 2.19. The number of benzene rings is 1. The van der Waals surface area contributed by atoms with Crippen molar-refractivity contribution >= 4 is 15.9 Å². The number of hydrogen-bond acceptors (Lipinski definition) is 5. The number of likely N-dealkylation sites (tertiary alicyclic amines) is 1. The van der Waals surface area contributed by atoms with Crippen molar-refractivity contribution in [3.63, 3.8) is 0 Å². The van der Waals surface area contributed by atoms with Crippen LogP contribution in [0.5, 0.6) is 0 Å². The van der Waals surface area contributed by atoms with Gasteiger partial charge in [0.25, 0.3) is 0 Å². The average Bonchev–Trinajstić information content (AvgIpc) is 2.84. The fourth-order valence-electron chi connectivity index (χ4n) is 4.99. The van der Waals surface area contributed by atoms with Crippen LogP contribution in [0.1, 0.15) is 32.1 Å². The summed E-state index contributed by atoms with van der Waals surface area (Å²) in [5.41, 5.74) is 0. The molecule has 1 aromatic rings. The van der Waals surface area contributed by atoms with E-state index in [1.54, 1.807) is 0 Å². The van der Waals surface area contributed by atoms with Gasteiger partial charge in [-0.15, -0.1) is 0 Å². The highest BCUT2D eigenvalue weighted by Crippen LogP contribution is 2.28. The number of carbonyl (C=O) groups excluding carboxylic acids is 1. The SMILES string of the molecule is O=C(C1CCN(S(=O)(=O)c2ccc(F)cc2)CC1)N1CCC(CCN2CCOCC2)CC1. The summed E-state index contributed by atoms with van der Waals surface area (Å²) in [6.07, 6.45) is 4.36. The number of morpholine rings is 1. The van der Waals surface area contributed by atoms with Crippen LogP contribution < -0.4 is 0 Å². The minimum atomic E-state index is -3.65. The first-order valence-electron chi connectivity index (χ1n) is 11.8. The van der Waals surface area contributed by atoms with Gasteiger partial charge in [0.1, 0.15) is 5.82 Å². The largest absolute Gasteiger partial charge is 0.379 e. The molecule has 0 unspecified atom stereocenters. The van der Waals surface area contributed by atoms with Crippen molar-refractivity contribution in [3.8, 4) is 0 Å². The van der Waals surface area contributed by atoms with E-state index in [9.17, 15) is 17.6 Å². The Kier molecular flexibility index (Phi) is 7.81. The molecule has 0 N–H and O–H groups in total. The maximum atomic E-state index is 13.1. The average molecular weight is 468 g/mol. The molecule has 3 heterocycles. The number of amides is 1. The van der Waals surface area contributed by atoms with E-state index >= 15 is 0 Å². The molecule has 3 fully saturated rings. The van der Waals surface area contributed by atoms with Crippen molar-refractivity contribution in [3.05, 3.63) is 30.1 Å². The van der Waals surface area contributed by atoms with Crippen molar-refractivity contribution in [1.29, 1.82) is 0 Å². The molecule has 0 atom stereocenters. The molecular weight excluding hydrogens is 433 g/mol. The molecule has 0 aromatic heterocycles. The Morgan fingerprint density at radius 2 is 1.56 bits per heavy atom. The van der Waals surface area contributed by atoms with E-state index < -0.39 is 15.8 Å². The second kappa shape index (κ2) is 10.6. The predicted molar refractivity (Wildman–Crippen MR) is 119 cm³/mol. The van der Waals surface area contributed by atoms with Gasteiger partial charge < -0.3 is 9.64 Å². The smallest absolute Gasteiger partial charge is 0.243 e. The summed E-state index contributed by atoms with van der Waals surface area (Å²) in [6, 6.07) is 4.91. The molecule has 1 aromatic carbocycles. The van der Waals surface area contributed by atoms with Crippen LogP contribution in [0.25, 0.3) is 0 Å². The van der Waals surface area contributed by atoms with Gasteiger partial charge in [0.05, 0.1) is 18.1 Å². The zero-order valence-electron chi connectivity index (χ0n) is 18.6. The number of sulfonamides is 1. The molecule has 0 spiro atoms. The highest BCUT2D eigenvalue weighted by atomic mass is 32.2. The van der Waals surface area contributed by atoms with Crippen molar-refractivity contribution in [1.82, 2.24) is 14.1 Å². The lowest BCUT2D eigenvalue weighted by Crippen LogP contribution is -2.46. The van der Waals surface area contributed by atoms with Crippen LogP contribution >= 0.6 is 0 Å². The number of ether oxygens (including phenoxy) is 1. The minimum Gasteiger partial charge on any atom is -0.379 e. The lowest BCUT2D eigenvalue weighted by Gasteiger charge is -2.37. The van der Waals surface area contributed by atoms with Crippen molar-refractivity contribution in [2.45, 2.75) is 37.0 Å². The Bertz CT molecular complexity index is 858. The Morgan fingerprint density at radius 1 is 0.938 bits per heavy atom. The summed E-state index contributed by atoms with van der Waals surface area (Å²) in [5, 5.41) is 0. The molecule has 4 rings (SSSR count). The lowest BCUT2D eigenvalue weighted by atomic mass is 9.91. The molecule has 1 amide bonds. The van der Waals surface area contributed by atoms with Gasteiger partial charge in [-0.2, -0.15) is 4.31 Å². The zero-order chi connectivity index (χ0) is 22.6. The second-order valence-corrected chi connectivity index (χ2v) is 11.1. The monoisotopic (exact) mass is 467 g/mol. The molecule has 9 heteroatoms. The van der Waals surface area contributed by atoms with Gasteiger partial charge in [-0.1, -0.05) is 0 Å². The topological polar surface area (TPSA) is 70.2 Å². The minimum absolute atomic E-state index is 0.0998. The Morgan fingerprint density at radius 3 is 2.19 bits per heavy atom. The molecule has 0 bridgehead atoms. The van der Waals surface area contributed by atoms with Crippen LogP contribution in [0.15, 0.2) is 29.2 Å². The van der Waals surface area contributed by atoms with E-state index in [1.807, 2.05) is 4.90 Å². The Hall–Kier alpha value is -1.55. The fourth-order valence-corrected chi connectivity index (χ4v) is 6.46. The molecule has 0 aliphatic carbocycles. The molecular formula is C23H34FN3O4S. The number of hydrogen-bond donors (Lipinski definition) is 0. The van der Waals surface area contributed by atoms with Gasteiger partial charge in [0, 0.05) is 45.2 Å². The molecule has 7 nitrogen and oxygen atoms in total. The molecule has 3 aliphatic heterocycles. The van der Waals surface area contributed by atoms with E-state index in [4.69, 9.17) is 4.74 Å². The fraction of sp³-hybridized carbons (Fsp3) is 0.696. The van der Waals surface area contributed by atoms with E-state index in [-0.39, 0.29) is 16.7 Å². The maximum absolute atomic E-state index is 13.1. The van der Waals surface area contributed by atoms with Gasteiger partial charge in [0.2, 0.25) is 15.9 Å². The zero-order valence-corrected chi connectivity index (χ0v) is 19.4. The molecule has 3 aliphatic rings. The molecule has 0 saturated carbocycles. The van der Waals surface area contributed by atoms with E-state index in [0.717, 1.165) is 70.9 Å². The molecule has 0 radical (unpaired) electrons. The number of carbonyl (C=O) groups is 1. The van der Waals surface area contributed by atoms with Crippen molar-refractivity contribution in [2.75, 3.05) is 59.0 Å². The van der Waals surface area contributed by atoms with Crippen LogP contribution in [0.3, 0.4) is 0 Å². The molecule has 3 saturated heterocycles. The lowest BCUT2D eigenvalue weighted by molar-refractivity contribution is -0.138. The second-order valence-electron chi connectivity index (χ2n) is 9.14. The molecule has 32 heavy (non-hydrogen) atoms. The Labute approximate surface area is 190 Å². The molecule has 178 valence electrons. The number of piperidine rings is 2. The van der Waals surface area contributed by atoms with E-state index in [0.29, 0.717) is 31.8 Å². The summed E-state index contributed by atoms with van der Waals surface area (Å²) < 4.78 is 45.5. The first-order valence-corrected chi connectivity index (χ1v) is 13.2. The van der Waals surface area contributed by atoms with Crippen LogP contribution in [0, 0.1) is 17.7 Å². The van der Waals surface area contributed by atoms with Crippen molar-refractivity contribution in [2.24, 2.45) is 11.8 Å². The van der Waals surface area contributed by atoms with Gasteiger partial charge in [-0.3, -0.25) is 9.69 Å². The van der Waals surface area contributed by atoms with Gasteiger partial charge in [-0.05, 0) is 68.8 Å². The quantitative estimate of drug-likeness (QED) is 0.642. The normalized spacial score (nSPS) is 22.8. The van der Waals surface area contributed by atoms with E-state index in [2.05, 4.69) is 4.90 Å². The summed E-state index contributed by atoms with van der Waals surface area (Å²) in [6.45, 7) is 7.08. The van der Waals surface area contributed by atoms with Crippen LogP contribution in [0.4, 0.5) is 4.39 Å². The van der Waals surface area contributed by atoms with Gasteiger partial charge in [0.15, 0.2) is 0 Å². The number of nitrogens with zero attached hydrogens (tertiary/aromatic N) is 3. The summed E-state index contributed by atoms with van der Waals surface area (Å²) in [4.78, 5) is 17.6. The summed E-state index contributed by atoms with van der Waals surface area (Å²) in [7, 11) is -3.65. The number of halogens is 1. The highest BCUT2D eigenvalue weighted by Gasteiger charge is 2.35. The highest BCUT2D eigenvalue weighted by molar-refractivity contribution is 7.89. The van der Waals surface area contributed by atoms with Crippen LogP contribution in [-0.2, 0) is 19.6 Å². The standard InChI is InChI=1S/C23H34FN3O4S/c24-21-1-3-22(4-2-21)32(29,30)27-13-8-20(9-14-27)23(28)26-11-6-19(7-12-26)5-10-25-15-17-31-18-16-25/h1-4,19-20H,5-18H2. The third-order valence-electron chi connectivity index (χ3n) is 7.14. The third kappa shape index (κ3) is 5.68. The maximum Gasteiger partial charge on any atom is 0.243 e. The summed E-state index contributed by atoms with van der Waals surface area (Å²) in [5.74, 6) is 0.276. The van der Waals surface area contributed by atoms with Crippen LogP contribution in [-0.4, -0.2) is 87.5 Å². The van der Waals surface area contributed by atoms with Crippen LogP contribution in [0.2, 0.25) is 0 Å². The third-order valence-corrected chi connectivity index (χ3v) is 9.05. The van der Waals surface area contributed by atoms with Gasteiger partial charge >= 0.3 is 0 Å². The first kappa shape index (κ1) is 23.6. The van der Waals surface area contributed by atoms with Crippen molar-refractivity contribution < 1.29 is 22.3 Å². The summed E-state index contributed by atoms with van der Waals surface area (Å²) >= 11 is 0.